The molecular weight excluding hydrogens is 212 g/mol. The van der Waals surface area contributed by atoms with Crippen molar-refractivity contribution in [2.24, 2.45) is 0 Å². The van der Waals surface area contributed by atoms with Gasteiger partial charge in [-0.15, -0.1) is 0 Å². The van der Waals surface area contributed by atoms with Crippen LogP contribution in [0.4, 0.5) is 0 Å². The van der Waals surface area contributed by atoms with Crippen LogP contribution >= 0.6 is 0 Å². The van der Waals surface area contributed by atoms with Crippen molar-refractivity contribution in [3.05, 3.63) is 0 Å². The second-order valence-electron chi connectivity index (χ2n) is 3.48. The summed E-state index contributed by atoms with van der Waals surface area (Å²) in [4.78, 5) is 32.5. The van der Waals surface area contributed by atoms with Gasteiger partial charge < -0.3 is 15.7 Å². The summed E-state index contributed by atoms with van der Waals surface area (Å²) < 4.78 is 0. The van der Waals surface area contributed by atoms with Crippen molar-refractivity contribution in [2.75, 3.05) is 6.54 Å². The van der Waals surface area contributed by atoms with Crippen LogP contribution in [0, 0.1) is 0 Å². The normalized spacial score (nSPS) is 11.6. The minimum Gasteiger partial charge on any atom is -0.480 e. The van der Waals surface area contributed by atoms with E-state index in [4.69, 9.17) is 5.11 Å². The zero-order valence-corrected chi connectivity index (χ0v) is 9.58. The predicted octanol–water partition coefficient (Wildman–Crippen LogP) is -0.118. The smallest absolute Gasteiger partial charge is 0.326 e. The van der Waals surface area contributed by atoms with Crippen molar-refractivity contribution in [3.63, 3.8) is 0 Å². The van der Waals surface area contributed by atoms with E-state index in [9.17, 15) is 14.4 Å². The molecule has 0 aliphatic rings. The molecule has 0 saturated carbocycles. The topological polar surface area (TPSA) is 95.5 Å². The maximum Gasteiger partial charge on any atom is 0.326 e. The average Bonchev–Trinajstić information content (AvgIpc) is 2.16. The number of carbonyl (C=O) groups excluding carboxylic acids is 2. The van der Waals surface area contributed by atoms with Crippen molar-refractivity contribution in [1.82, 2.24) is 10.6 Å². The number of carboxylic acid groups (broad SMARTS) is 1. The van der Waals surface area contributed by atoms with E-state index in [0.717, 1.165) is 0 Å². The molecule has 0 aromatic heterocycles. The number of hydrogen-bond acceptors (Lipinski definition) is 3. The number of amides is 2. The molecule has 0 saturated heterocycles. The Morgan fingerprint density at radius 1 is 1.31 bits per heavy atom. The third-order valence-corrected chi connectivity index (χ3v) is 1.94. The third kappa shape index (κ3) is 6.80. The molecule has 6 nitrogen and oxygen atoms in total. The first-order chi connectivity index (χ1) is 7.47. The molecule has 0 unspecified atom stereocenters. The lowest BCUT2D eigenvalue weighted by molar-refractivity contribution is -0.142. The van der Waals surface area contributed by atoms with Gasteiger partial charge in [-0.1, -0.05) is 13.3 Å². The summed E-state index contributed by atoms with van der Waals surface area (Å²) >= 11 is 0. The summed E-state index contributed by atoms with van der Waals surface area (Å²) in [5.74, 6) is -1.61. The second-order valence-corrected chi connectivity index (χ2v) is 3.48. The first-order valence-electron chi connectivity index (χ1n) is 5.24. The summed E-state index contributed by atoms with van der Waals surface area (Å²) in [6.07, 6.45) is 1.18. The van der Waals surface area contributed by atoms with Gasteiger partial charge in [-0.3, -0.25) is 9.59 Å². The maximum atomic E-state index is 11.3. The number of carbonyl (C=O) groups is 3. The van der Waals surface area contributed by atoms with Crippen LogP contribution in [0.25, 0.3) is 0 Å². The molecule has 0 bridgehead atoms. The molecular formula is C10H18N2O4. The summed E-state index contributed by atoms with van der Waals surface area (Å²) in [7, 11) is 0. The Balaban J connectivity index is 3.90. The van der Waals surface area contributed by atoms with Gasteiger partial charge in [0.2, 0.25) is 11.8 Å². The van der Waals surface area contributed by atoms with Gasteiger partial charge in [0, 0.05) is 19.9 Å². The average molecular weight is 230 g/mol. The van der Waals surface area contributed by atoms with Gasteiger partial charge in [0.1, 0.15) is 6.04 Å². The Labute approximate surface area is 94.4 Å². The predicted molar refractivity (Wildman–Crippen MR) is 57.8 cm³/mol. The van der Waals surface area contributed by atoms with E-state index in [1.54, 1.807) is 0 Å². The molecule has 3 N–H and O–H groups in total. The lowest BCUT2D eigenvalue weighted by atomic mass is 10.1. The number of nitrogens with one attached hydrogen (secondary N) is 2. The van der Waals surface area contributed by atoms with E-state index in [1.807, 2.05) is 6.92 Å². The van der Waals surface area contributed by atoms with Crippen LogP contribution in [0.2, 0.25) is 0 Å². The fourth-order valence-electron chi connectivity index (χ4n) is 1.16. The van der Waals surface area contributed by atoms with Gasteiger partial charge in [-0.2, -0.15) is 0 Å². The van der Waals surface area contributed by atoms with Gasteiger partial charge in [-0.25, -0.2) is 4.79 Å². The lowest BCUT2D eigenvalue weighted by Crippen LogP contribution is -2.41. The van der Waals surface area contributed by atoms with E-state index in [0.29, 0.717) is 12.8 Å². The summed E-state index contributed by atoms with van der Waals surface area (Å²) in [5, 5.41) is 13.6. The third-order valence-electron chi connectivity index (χ3n) is 1.94. The van der Waals surface area contributed by atoms with Gasteiger partial charge in [-0.05, 0) is 6.42 Å². The largest absolute Gasteiger partial charge is 0.480 e. The van der Waals surface area contributed by atoms with Crippen molar-refractivity contribution in [2.45, 2.75) is 39.2 Å². The number of rotatable bonds is 7. The standard InChI is InChI=1S/C10H18N2O4/c1-3-4-8(10(15)16)12-9(14)5-6-11-7(2)13/h8H,3-6H2,1-2H3,(H,11,13)(H,12,14)(H,15,16)/t8-/m1/s1. The Bertz CT molecular complexity index is 266. The molecule has 0 rings (SSSR count). The first kappa shape index (κ1) is 14.4. The molecule has 6 heteroatoms. The highest BCUT2D eigenvalue weighted by Crippen LogP contribution is 1.97. The van der Waals surface area contributed by atoms with Gasteiger partial charge in [0.05, 0.1) is 0 Å². The Morgan fingerprint density at radius 3 is 2.38 bits per heavy atom. The van der Waals surface area contributed by atoms with Crippen molar-refractivity contribution < 1.29 is 19.5 Å². The minimum atomic E-state index is -1.03. The van der Waals surface area contributed by atoms with Crippen molar-refractivity contribution in [3.8, 4) is 0 Å². The van der Waals surface area contributed by atoms with Crippen LogP contribution in [0.3, 0.4) is 0 Å². The summed E-state index contributed by atoms with van der Waals surface area (Å²) in [5.41, 5.74) is 0. The van der Waals surface area contributed by atoms with Crippen molar-refractivity contribution in [1.29, 1.82) is 0 Å². The van der Waals surface area contributed by atoms with E-state index < -0.39 is 12.0 Å². The fourth-order valence-corrected chi connectivity index (χ4v) is 1.16. The molecule has 0 fully saturated rings. The molecule has 0 aromatic carbocycles. The highest BCUT2D eigenvalue weighted by molar-refractivity contribution is 5.83. The molecule has 0 radical (unpaired) electrons. The molecule has 0 spiro atoms. The van der Waals surface area contributed by atoms with Crippen LogP contribution in [0.15, 0.2) is 0 Å². The SMILES string of the molecule is CCC[C@@H](NC(=O)CCNC(C)=O)C(=O)O. The molecule has 16 heavy (non-hydrogen) atoms. The molecule has 1 atom stereocenters. The van der Waals surface area contributed by atoms with Crippen LogP contribution in [-0.2, 0) is 14.4 Å². The van der Waals surface area contributed by atoms with E-state index in [-0.39, 0.29) is 24.8 Å². The molecule has 2 amide bonds. The summed E-state index contributed by atoms with van der Waals surface area (Å²) in [6.45, 7) is 3.42. The summed E-state index contributed by atoms with van der Waals surface area (Å²) in [6, 6.07) is -0.838. The molecule has 92 valence electrons. The molecule has 0 aliphatic carbocycles. The highest BCUT2D eigenvalue weighted by Gasteiger charge is 2.18. The van der Waals surface area contributed by atoms with E-state index in [2.05, 4.69) is 10.6 Å². The van der Waals surface area contributed by atoms with Crippen molar-refractivity contribution >= 4 is 17.8 Å². The van der Waals surface area contributed by atoms with E-state index >= 15 is 0 Å². The zero-order valence-electron chi connectivity index (χ0n) is 9.58. The van der Waals surface area contributed by atoms with Crippen LogP contribution < -0.4 is 10.6 Å². The van der Waals surface area contributed by atoms with Gasteiger partial charge >= 0.3 is 5.97 Å². The Kier molecular flexibility index (Phi) is 6.91. The maximum absolute atomic E-state index is 11.3. The first-order valence-corrected chi connectivity index (χ1v) is 5.24. The molecule has 0 aliphatic heterocycles. The Hall–Kier alpha value is -1.59. The van der Waals surface area contributed by atoms with Crippen LogP contribution in [-0.4, -0.2) is 35.5 Å². The van der Waals surface area contributed by atoms with Gasteiger partial charge in [0.15, 0.2) is 0 Å². The quantitative estimate of drug-likeness (QED) is 0.568. The number of hydrogen-bond donors (Lipinski definition) is 3. The zero-order chi connectivity index (χ0) is 12.6. The second kappa shape index (κ2) is 7.67. The highest BCUT2D eigenvalue weighted by atomic mass is 16.4. The number of carboxylic acids is 1. The monoisotopic (exact) mass is 230 g/mol. The number of aliphatic carboxylic acids is 1. The van der Waals surface area contributed by atoms with Crippen LogP contribution in [0.5, 0.6) is 0 Å². The lowest BCUT2D eigenvalue weighted by Gasteiger charge is -2.13. The fraction of sp³-hybridized carbons (Fsp3) is 0.700. The molecule has 0 heterocycles. The Morgan fingerprint density at radius 2 is 1.94 bits per heavy atom. The minimum absolute atomic E-state index is 0.0904. The van der Waals surface area contributed by atoms with E-state index in [1.165, 1.54) is 6.92 Å². The van der Waals surface area contributed by atoms with Gasteiger partial charge in [0.25, 0.3) is 0 Å². The van der Waals surface area contributed by atoms with Crippen LogP contribution in [0.1, 0.15) is 33.1 Å². The molecule has 0 aromatic rings.